The molecule has 94 valence electrons. The van der Waals surface area contributed by atoms with E-state index in [-0.39, 0.29) is 6.54 Å². The summed E-state index contributed by atoms with van der Waals surface area (Å²) < 4.78 is 0. The Bertz CT molecular complexity index is 239. The summed E-state index contributed by atoms with van der Waals surface area (Å²) in [6, 6.07) is 0. The minimum Gasteiger partial charge on any atom is -0.356 e. The first-order valence-electron chi connectivity index (χ1n) is 3.48. The summed E-state index contributed by atoms with van der Waals surface area (Å²) in [4.78, 5) is 35.5. The average molecular weight is 244 g/mol. The predicted molar refractivity (Wildman–Crippen MR) is 42.9 cm³/mol. The Morgan fingerprint density at radius 3 is 1.75 bits per heavy atom. The van der Waals surface area contributed by atoms with Crippen molar-refractivity contribution in [2.45, 2.75) is 6.10 Å². The maximum Gasteiger partial charge on any atom is 0.295 e. The van der Waals surface area contributed by atoms with E-state index < -0.39 is 28.0 Å². The largest absolute Gasteiger partial charge is 0.356 e. The van der Waals surface area contributed by atoms with Crippen molar-refractivity contribution in [2.75, 3.05) is 13.2 Å². The SMILES string of the molecule is O=[N+]([O-])[O-].[NH3+]CC(CO[N+](=O)[O-])O[N+](=O)[O-]. The molecule has 3 N–H and O–H groups in total. The van der Waals surface area contributed by atoms with Gasteiger partial charge in [-0.2, -0.15) is 0 Å². The number of nitrogens with zero attached hydrogens (tertiary/aromatic N) is 3. The second-order valence-electron chi connectivity index (χ2n) is 1.98. The Morgan fingerprint density at radius 1 is 1.06 bits per heavy atom. The molecule has 1 unspecified atom stereocenters. The van der Waals surface area contributed by atoms with Gasteiger partial charge in [-0.15, -0.1) is 20.2 Å². The molecule has 0 spiro atoms. The van der Waals surface area contributed by atoms with E-state index >= 15 is 0 Å². The lowest BCUT2D eigenvalue weighted by molar-refractivity contribution is -0.793. The molecule has 16 heavy (non-hydrogen) atoms. The summed E-state index contributed by atoms with van der Waals surface area (Å²) in [5.74, 6) is 0. The van der Waals surface area contributed by atoms with Crippen LogP contribution in [0.4, 0.5) is 0 Å². The Morgan fingerprint density at radius 2 is 1.50 bits per heavy atom. The lowest BCUT2D eigenvalue weighted by Crippen LogP contribution is -2.57. The fourth-order valence-corrected chi connectivity index (χ4v) is 0.432. The highest BCUT2D eigenvalue weighted by Gasteiger charge is 2.15. The Labute approximate surface area is 86.7 Å². The highest BCUT2D eigenvalue weighted by atomic mass is 17.0. The van der Waals surface area contributed by atoms with Crippen molar-refractivity contribution >= 4 is 0 Å². The minimum atomic E-state index is -1.75. The van der Waals surface area contributed by atoms with Gasteiger partial charge in [0.25, 0.3) is 10.2 Å². The van der Waals surface area contributed by atoms with Gasteiger partial charge in [0.2, 0.25) is 0 Å². The third-order valence-electron chi connectivity index (χ3n) is 0.923. The molecule has 0 fully saturated rings. The molecule has 0 bridgehead atoms. The van der Waals surface area contributed by atoms with Gasteiger partial charge in [0, 0.05) is 0 Å². The van der Waals surface area contributed by atoms with Crippen LogP contribution in [0.15, 0.2) is 0 Å². The quantitative estimate of drug-likeness (QED) is 0.396. The summed E-state index contributed by atoms with van der Waals surface area (Å²) in [7, 11) is 0. The maximum atomic E-state index is 9.74. The number of hydrogen-bond acceptors (Lipinski definition) is 9. The van der Waals surface area contributed by atoms with Gasteiger partial charge < -0.3 is 30.7 Å². The van der Waals surface area contributed by atoms with Gasteiger partial charge >= 0.3 is 0 Å². The predicted octanol–water partition coefficient (Wildman–Crippen LogP) is -2.23. The third kappa shape index (κ3) is 17.6. The number of hydrogen-bond donors (Lipinski definition) is 1. The Hall–Kier alpha value is -2.44. The first-order chi connectivity index (χ1) is 7.29. The zero-order chi connectivity index (χ0) is 13.1. The molecule has 0 aliphatic heterocycles. The van der Waals surface area contributed by atoms with Crippen molar-refractivity contribution in [2.24, 2.45) is 0 Å². The molecule has 0 aliphatic carbocycles. The summed E-state index contributed by atoms with van der Waals surface area (Å²) in [5.41, 5.74) is 3.28. The van der Waals surface area contributed by atoms with Crippen LogP contribution in [0.3, 0.4) is 0 Å². The maximum absolute atomic E-state index is 9.74. The van der Waals surface area contributed by atoms with Crippen molar-refractivity contribution in [1.29, 1.82) is 0 Å². The van der Waals surface area contributed by atoms with Crippen molar-refractivity contribution in [3.05, 3.63) is 35.6 Å². The highest BCUT2D eigenvalue weighted by molar-refractivity contribution is 4.46. The zero-order valence-electron chi connectivity index (χ0n) is 7.71. The van der Waals surface area contributed by atoms with Crippen LogP contribution in [0.5, 0.6) is 0 Å². The molecule has 0 amide bonds. The Kier molecular flexibility index (Phi) is 9.13. The van der Waals surface area contributed by atoms with Crippen LogP contribution >= 0.6 is 0 Å². The van der Waals surface area contributed by atoms with E-state index in [1.807, 2.05) is 0 Å². The van der Waals surface area contributed by atoms with Crippen LogP contribution in [-0.4, -0.2) is 34.5 Å². The van der Waals surface area contributed by atoms with E-state index in [1.165, 1.54) is 0 Å². The second-order valence-corrected chi connectivity index (χ2v) is 1.98. The van der Waals surface area contributed by atoms with Gasteiger partial charge in [0.1, 0.15) is 13.2 Å². The zero-order valence-corrected chi connectivity index (χ0v) is 7.71. The molecule has 0 aromatic rings. The van der Waals surface area contributed by atoms with Gasteiger partial charge in [-0.1, -0.05) is 0 Å². The second kappa shape index (κ2) is 9.13. The smallest absolute Gasteiger partial charge is 0.295 e. The lowest BCUT2D eigenvalue weighted by Gasteiger charge is -2.07. The molecule has 0 aromatic heterocycles. The summed E-state index contributed by atoms with van der Waals surface area (Å²) in [5, 5.41) is 32.0. The van der Waals surface area contributed by atoms with Crippen LogP contribution in [-0.2, 0) is 9.68 Å². The molecule has 0 aliphatic rings. The standard InChI is InChI=1S/C3H7N3O6.NO3/c4-1-3(12-6(9)10)2-11-5(7)8;2-1(3)4/h3H,1-2,4H2;/q;-1/p+1. The molecule has 0 aromatic carbocycles. The van der Waals surface area contributed by atoms with Crippen molar-refractivity contribution < 1.29 is 30.7 Å². The lowest BCUT2D eigenvalue weighted by atomic mass is 10.4. The summed E-state index contributed by atoms with van der Waals surface area (Å²) >= 11 is 0. The van der Waals surface area contributed by atoms with Gasteiger partial charge in [-0.05, 0) is 0 Å². The van der Waals surface area contributed by atoms with Gasteiger partial charge in [0.05, 0.1) is 5.09 Å². The fraction of sp³-hybridized carbons (Fsp3) is 1.00. The van der Waals surface area contributed by atoms with Crippen LogP contribution in [0, 0.1) is 35.6 Å². The average Bonchev–Trinajstić information content (AvgIpc) is 2.10. The van der Waals surface area contributed by atoms with Crippen LogP contribution < -0.4 is 5.73 Å². The summed E-state index contributed by atoms with van der Waals surface area (Å²) in [6.07, 6.45) is -0.995. The molecular formula is C3H8N4O9. The normalized spacial score (nSPS) is 10.3. The first-order valence-corrected chi connectivity index (χ1v) is 3.48. The van der Waals surface area contributed by atoms with Gasteiger partial charge in [-0.25, -0.2) is 0 Å². The van der Waals surface area contributed by atoms with Crippen LogP contribution in [0.1, 0.15) is 0 Å². The molecule has 0 heterocycles. The molecule has 13 heteroatoms. The molecule has 0 radical (unpaired) electrons. The monoisotopic (exact) mass is 244 g/mol. The molecular weight excluding hydrogens is 236 g/mol. The Balaban J connectivity index is 0. The van der Waals surface area contributed by atoms with Crippen LogP contribution in [0.2, 0.25) is 0 Å². The first kappa shape index (κ1) is 16.0. The molecule has 1 atom stereocenters. The molecule has 13 nitrogen and oxygen atoms in total. The van der Waals surface area contributed by atoms with E-state index in [4.69, 9.17) is 15.3 Å². The topological polar surface area (TPSA) is 199 Å². The van der Waals surface area contributed by atoms with E-state index in [0.29, 0.717) is 0 Å². The van der Waals surface area contributed by atoms with Crippen molar-refractivity contribution in [3.63, 3.8) is 0 Å². The number of rotatable bonds is 6. The van der Waals surface area contributed by atoms with Crippen LogP contribution in [0.25, 0.3) is 0 Å². The summed E-state index contributed by atoms with van der Waals surface area (Å²) in [6.45, 7) is -0.466. The van der Waals surface area contributed by atoms with E-state index in [1.54, 1.807) is 0 Å². The fourth-order valence-electron chi connectivity index (χ4n) is 0.432. The highest BCUT2D eigenvalue weighted by Crippen LogP contribution is 1.90. The van der Waals surface area contributed by atoms with Crippen molar-refractivity contribution in [3.8, 4) is 0 Å². The van der Waals surface area contributed by atoms with E-state index in [9.17, 15) is 20.2 Å². The van der Waals surface area contributed by atoms with Crippen molar-refractivity contribution in [1.82, 2.24) is 0 Å². The molecule has 0 saturated carbocycles. The third-order valence-corrected chi connectivity index (χ3v) is 0.923. The van der Waals surface area contributed by atoms with Gasteiger partial charge in [-0.3, -0.25) is 0 Å². The number of quaternary nitrogens is 1. The molecule has 0 rings (SSSR count). The van der Waals surface area contributed by atoms with Gasteiger partial charge in [0.15, 0.2) is 6.10 Å². The van der Waals surface area contributed by atoms with E-state index in [0.717, 1.165) is 0 Å². The molecule has 0 saturated heterocycles. The minimum absolute atomic E-state index is 0.0226. The van der Waals surface area contributed by atoms with E-state index in [2.05, 4.69) is 15.4 Å².